The summed E-state index contributed by atoms with van der Waals surface area (Å²) in [6.45, 7) is 5.05. The third kappa shape index (κ3) is 12.8. The molecule has 0 radical (unpaired) electrons. The van der Waals surface area contributed by atoms with Crippen molar-refractivity contribution in [3.63, 3.8) is 0 Å². The van der Waals surface area contributed by atoms with E-state index in [1.54, 1.807) is 54.6 Å². The molecule has 3 rings (SSSR count). The van der Waals surface area contributed by atoms with Crippen LogP contribution in [0, 0.1) is 23.7 Å². The summed E-state index contributed by atoms with van der Waals surface area (Å²) in [6.07, 6.45) is -0.811. The van der Waals surface area contributed by atoms with Crippen LogP contribution in [0.5, 0.6) is 5.75 Å². The molecule has 2 aromatic rings. The van der Waals surface area contributed by atoms with Gasteiger partial charge in [0.1, 0.15) is 17.9 Å². The highest BCUT2D eigenvalue weighted by atomic mass is 32.2. The van der Waals surface area contributed by atoms with E-state index in [0.29, 0.717) is 11.3 Å². The van der Waals surface area contributed by atoms with Crippen LogP contribution in [0.4, 0.5) is 0 Å². The number of carbonyl (C=O) groups excluding carboxylic acids is 4. The van der Waals surface area contributed by atoms with Gasteiger partial charge in [-0.25, -0.2) is 8.98 Å². The summed E-state index contributed by atoms with van der Waals surface area (Å²) in [5.41, 5.74) is 1.29. The molecule has 5 atom stereocenters. The van der Waals surface area contributed by atoms with E-state index in [4.69, 9.17) is 18.4 Å². The van der Waals surface area contributed by atoms with Crippen LogP contribution < -0.4 is 15.4 Å². The minimum Gasteiger partial charge on any atom is -0.497 e. The molecule has 0 aromatic heterocycles. The highest BCUT2D eigenvalue weighted by molar-refractivity contribution is 7.86. The SMILES string of the molecule is COc1ccc(C[C@H]2NC(=O)/C=C/C[C@@H](C(C#Cc3ccccc3)OS(C)(=O)=O)OC(=O)[C@H](CC(C)C)OC(=O)[C@H](C)CNC2=O)cc1. The summed E-state index contributed by atoms with van der Waals surface area (Å²) >= 11 is 0. The van der Waals surface area contributed by atoms with Gasteiger partial charge in [-0.15, -0.1) is 0 Å². The average Bonchev–Trinajstić information content (AvgIpc) is 3.03. The third-order valence-corrected chi connectivity index (χ3v) is 7.63. The number of hydrogen-bond donors (Lipinski definition) is 2. The van der Waals surface area contributed by atoms with E-state index in [-0.39, 0.29) is 31.7 Å². The molecule has 2 amide bonds. The Hall–Kier alpha value is -4.67. The van der Waals surface area contributed by atoms with E-state index in [0.717, 1.165) is 17.9 Å². The summed E-state index contributed by atoms with van der Waals surface area (Å²) in [5.74, 6) is 2.36. The molecule has 0 bridgehead atoms. The standard InChI is InChI=1S/C35H42N2O10S/c1-23(2)20-31-35(41)45-29(30(47-48(5,42)43)19-16-25-10-7-6-8-11-25)12-9-13-32(38)37-28(21-26-14-17-27(44-4)18-15-26)33(39)36-22-24(3)34(40)46-31/h6-11,13-15,17-18,23-24,28-31H,12,20-22H2,1-5H3,(H,36,39)(H,37,38)/b13-9+/t24-,28-,29+,30?,31+/m1/s1. The summed E-state index contributed by atoms with van der Waals surface area (Å²) < 4.78 is 46.3. The summed E-state index contributed by atoms with van der Waals surface area (Å²) in [6, 6.07) is 14.7. The van der Waals surface area contributed by atoms with Gasteiger partial charge in [-0.1, -0.05) is 69.0 Å². The molecule has 48 heavy (non-hydrogen) atoms. The van der Waals surface area contributed by atoms with E-state index < -0.39 is 64.1 Å². The first-order chi connectivity index (χ1) is 22.7. The lowest BCUT2D eigenvalue weighted by atomic mass is 10.0. The van der Waals surface area contributed by atoms with E-state index in [1.165, 1.54) is 20.1 Å². The maximum atomic E-state index is 13.5. The lowest BCUT2D eigenvalue weighted by Crippen LogP contribution is -2.49. The second kappa shape index (κ2) is 18.0. The molecule has 0 saturated heterocycles. The van der Waals surface area contributed by atoms with Crippen LogP contribution in [0.1, 0.15) is 44.7 Å². The topological polar surface area (TPSA) is 163 Å². The molecular formula is C35H42N2O10S. The molecule has 0 spiro atoms. The van der Waals surface area contributed by atoms with Crippen LogP contribution in [0.2, 0.25) is 0 Å². The largest absolute Gasteiger partial charge is 0.497 e. The van der Waals surface area contributed by atoms with Crippen LogP contribution in [-0.4, -0.2) is 76.4 Å². The molecule has 2 aromatic carbocycles. The molecule has 1 aliphatic heterocycles. The number of ether oxygens (including phenoxy) is 3. The number of hydrogen-bond acceptors (Lipinski definition) is 10. The number of esters is 2. The zero-order valence-electron chi connectivity index (χ0n) is 27.6. The Labute approximate surface area is 281 Å². The van der Waals surface area contributed by atoms with Gasteiger partial charge >= 0.3 is 11.9 Å². The molecule has 1 unspecified atom stereocenters. The quantitative estimate of drug-likeness (QED) is 0.241. The number of nitrogens with one attached hydrogen (secondary N) is 2. The van der Waals surface area contributed by atoms with E-state index in [1.807, 2.05) is 13.8 Å². The van der Waals surface area contributed by atoms with Gasteiger partial charge in [-0.2, -0.15) is 8.42 Å². The maximum Gasteiger partial charge on any atom is 0.347 e. The molecule has 0 saturated carbocycles. The first-order valence-corrected chi connectivity index (χ1v) is 17.3. The van der Waals surface area contributed by atoms with E-state index in [9.17, 15) is 27.6 Å². The number of amides is 2. The monoisotopic (exact) mass is 682 g/mol. The fraction of sp³-hybridized carbons (Fsp3) is 0.429. The Balaban J connectivity index is 2.00. The van der Waals surface area contributed by atoms with Crippen molar-refractivity contribution in [2.45, 2.75) is 64.4 Å². The minimum atomic E-state index is -4.11. The second-order valence-corrected chi connectivity index (χ2v) is 13.4. The molecule has 2 N–H and O–H groups in total. The van der Waals surface area contributed by atoms with Crippen molar-refractivity contribution in [2.75, 3.05) is 19.9 Å². The average molecular weight is 683 g/mol. The van der Waals surface area contributed by atoms with Gasteiger partial charge in [0.15, 0.2) is 12.2 Å². The van der Waals surface area contributed by atoms with Crippen molar-refractivity contribution < 1.29 is 46.0 Å². The normalized spacial score (nSPS) is 22.6. The Morgan fingerprint density at radius 1 is 0.979 bits per heavy atom. The number of carbonyl (C=O) groups is 4. The highest BCUT2D eigenvalue weighted by Gasteiger charge is 2.34. The molecule has 0 aliphatic carbocycles. The summed E-state index contributed by atoms with van der Waals surface area (Å²) in [7, 11) is -2.57. The van der Waals surface area contributed by atoms with Crippen LogP contribution in [0.3, 0.4) is 0 Å². The van der Waals surface area contributed by atoms with Crippen molar-refractivity contribution in [2.24, 2.45) is 11.8 Å². The first-order valence-electron chi connectivity index (χ1n) is 15.5. The zero-order chi connectivity index (χ0) is 35.3. The number of rotatable bonds is 8. The van der Waals surface area contributed by atoms with Gasteiger partial charge < -0.3 is 24.8 Å². The molecule has 13 heteroatoms. The van der Waals surface area contributed by atoms with Crippen molar-refractivity contribution in [3.05, 3.63) is 77.9 Å². The molecule has 12 nitrogen and oxygen atoms in total. The Morgan fingerprint density at radius 2 is 1.67 bits per heavy atom. The van der Waals surface area contributed by atoms with E-state index >= 15 is 0 Å². The number of cyclic esters (lactones) is 2. The summed E-state index contributed by atoms with van der Waals surface area (Å²) in [4.78, 5) is 52.9. The minimum absolute atomic E-state index is 0.0994. The van der Waals surface area contributed by atoms with Gasteiger partial charge in [0.05, 0.1) is 19.3 Å². The number of benzene rings is 2. The van der Waals surface area contributed by atoms with Crippen molar-refractivity contribution >= 4 is 33.9 Å². The summed E-state index contributed by atoms with van der Waals surface area (Å²) in [5, 5.41) is 5.36. The van der Waals surface area contributed by atoms with Gasteiger partial charge in [0, 0.05) is 24.9 Å². The van der Waals surface area contributed by atoms with Crippen LogP contribution in [0.25, 0.3) is 0 Å². The van der Waals surface area contributed by atoms with Gasteiger partial charge in [-0.05, 0) is 48.2 Å². The van der Waals surface area contributed by atoms with Gasteiger partial charge in [-0.3, -0.25) is 14.4 Å². The van der Waals surface area contributed by atoms with Crippen molar-refractivity contribution in [1.29, 1.82) is 0 Å². The fourth-order valence-corrected chi connectivity index (χ4v) is 5.12. The van der Waals surface area contributed by atoms with E-state index in [2.05, 4.69) is 22.5 Å². The highest BCUT2D eigenvalue weighted by Crippen LogP contribution is 2.19. The van der Waals surface area contributed by atoms with Crippen molar-refractivity contribution in [1.82, 2.24) is 10.6 Å². The number of methoxy groups -OCH3 is 1. The Bertz CT molecular complexity index is 1610. The van der Waals surface area contributed by atoms with Crippen LogP contribution in [-0.2, 0) is 49.4 Å². The lowest BCUT2D eigenvalue weighted by Gasteiger charge is -2.26. The Morgan fingerprint density at radius 3 is 2.29 bits per heavy atom. The second-order valence-electron chi connectivity index (χ2n) is 11.8. The van der Waals surface area contributed by atoms with Crippen molar-refractivity contribution in [3.8, 4) is 17.6 Å². The van der Waals surface area contributed by atoms with Gasteiger partial charge in [0.2, 0.25) is 11.8 Å². The zero-order valence-corrected chi connectivity index (χ0v) is 28.5. The molecule has 0 fully saturated rings. The van der Waals surface area contributed by atoms with Crippen LogP contribution in [0.15, 0.2) is 66.7 Å². The van der Waals surface area contributed by atoms with Gasteiger partial charge in [0.25, 0.3) is 10.1 Å². The molecule has 1 heterocycles. The smallest absolute Gasteiger partial charge is 0.347 e. The Kier molecular flexibility index (Phi) is 14.2. The third-order valence-electron chi connectivity index (χ3n) is 7.08. The fourth-order valence-electron chi connectivity index (χ4n) is 4.57. The molecule has 1 aliphatic rings. The molecular weight excluding hydrogens is 640 g/mol. The predicted octanol–water partition coefficient (Wildman–Crippen LogP) is 2.70. The first kappa shape index (κ1) is 37.8. The predicted molar refractivity (Wildman–Crippen MR) is 177 cm³/mol. The lowest BCUT2D eigenvalue weighted by molar-refractivity contribution is -0.176. The molecule has 258 valence electrons. The maximum absolute atomic E-state index is 13.5. The van der Waals surface area contributed by atoms with Crippen LogP contribution >= 0.6 is 0 Å².